The molecule has 4 rings (SSSR count). The maximum Gasteiger partial charge on any atom is 0.270 e. The minimum absolute atomic E-state index is 0.00807. The molecule has 1 aliphatic rings. The van der Waals surface area contributed by atoms with Crippen LogP contribution >= 0.6 is 0 Å². The van der Waals surface area contributed by atoms with Gasteiger partial charge in [-0.2, -0.15) is 0 Å². The molecule has 1 fully saturated rings. The number of hydrogen-bond donors (Lipinski definition) is 1. The first kappa shape index (κ1) is 17.3. The molecule has 2 aromatic carbocycles. The van der Waals surface area contributed by atoms with Gasteiger partial charge in [0.2, 0.25) is 0 Å². The molecule has 2 amide bonds. The van der Waals surface area contributed by atoms with Crippen LogP contribution in [0.5, 0.6) is 0 Å². The van der Waals surface area contributed by atoms with E-state index in [1.165, 1.54) is 0 Å². The predicted molar refractivity (Wildman–Crippen MR) is 106 cm³/mol. The van der Waals surface area contributed by atoms with Crippen LogP contribution in [0.25, 0.3) is 10.9 Å². The number of carbonyl (C=O) groups is 2. The highest BCUT2D eigenvalue weighted by molar-refractivity contribution is 5.98. The molecule has 0 unspecified atom stereocenters. The number of aromatic amines is 1. The van der Waals surface area contributed by atoms with Crippen molar-refractivity contribution >= 4 is 22.7 Å². The van der Waals surface area contributed by atoms with Crippen molar-refractivity contribution in [2.24, 2.45) is 0 Å². The molecule has 5 nitrogen and oxygen atoms in total. The predicted octanol–water partition coefficient (Wildman–Crippen LogP) is 3.38. The summed E-state index contributed by atoms with van der Waals surface area (Å²) in [6.45, 7) is 6.24. The van der Waals surface area contributed by atoms with Gasteiger partial charge in [-0.15, -0.1) is 0 Å². The molecule has 1 N–H and O–H groups in total. The Labute approximate surface area is 158 Å². The van der Waals surface area contributed by atoms with Gasteiger partial charge in [-0.05, 0) is 43.7 Å². The Balaban J connectivity index is 1.42. The third-order valence-electron chi connectivity index (χ3n) is 5.16. The smallest absolute Gasteiger partial charge is 0.270 e. The van der Waals surface area contributed by atoms with E-state index < -0.39 is 0 Å². The van der Waals surface area contributed by atoms with Crippen molar-refractivity contribution in [3.8, 4) is 0 Å². The number of rotatable bonds is 2. The summed E-state index contributed by atoms with van der Waals surface area (Å²) in [4.78, 5) is 32.3. The number of amides is 2. The monoisotopic (exact) mass is 361 g/mol. The Hall–Kier alpha value is -3.08. The Kier molecular flexibility index (Phi) is 4.44. The first-order chi connectivity index (χ1) is 13.0. The van der Waals surface area contributed by atoms with Crippen molar-refractivity contribution in [2.45, 2.75) is 13.8 Å². The fraction of sp³-hybridized carbons (Fsp3) is 0.273. The number of nitrogens with one attached hydrogen (secondary N) is 1. The van der Waals surface area contributed by atoms with Gasteiger partial charge in [-0.1, -0.05) is 29.8 Å². The van der Waals surface area contributed by atoms with E-state index in [1.807, 2.05) is 72.2 Å². The van der Waals surface area contributed by atoms with Gasteiger partial charge in [0.25, 0.3) is 11.8 Å². The zero-order valence-electron chi connectivity index (χ0n) is 15.7. The number of hydrogen-bond acceptors (Lipinski definition) is 2. The van der Waals surface area contributed by atoms with Gasteiger partial charge in [0.1, 0.15) is 5.69 Å². The van der Waals surface area contributed by atoms with Crippen LogP contribution in [0.15, 0.2) is 48.5 Å². The van der Waals surface area contributed by atoms with Crippen LogP contribution in [-0.2, 0) is 0 Å². The van der Waals surface area contributed by atoms with E-state index >= 15 is 0 Å². The average Bonchev–Trinajstić information content (AvgIpc) is 3.11. The maximum absolute atomic E-state index is 12.8. The third-order valence-corrected chi connectivity index (χ3v) is 5.16. The first-order valence-corrected chi connectivity index (χ1v) is 9.26. The Morgan fingerprint density at radius 3 is 2.04 bits per heavy atom. The molecule has 0 spiro atoms. The number of aryl methyl sites for hydroxylation is 2. The summed E-state index contributed by atoms with van der Waals surface area (Å²) >= 11 is 0. The minimum atomic E-state index is -0.00807. The molecule has 1 saturated heterocycles. The quantitative estimate of drug-likeness (QED) is 0.761. The van der Waals surface area contributed by atoms with E-state index in [2.05, 4.69) is 4.98 Å². The van der Waals surface area contributed by atoms with Crippen LogP contribution in [0.2, 0.25) is 0 Å². The van der Waals surface area contributed by atoms with Crippen LogP contribution in [-0.4, -0.2) is 52.8 Å². The number of benzene rings is 2. The highest BCUT2D eigenvalue weighted by atomic mass is 16.2. The molecule has 27 heavy (non-hydrogen) atoms. The lowest BCUT2D eigenvalue weighted by Gasteiger charge is -2.34. The number of fused-ring (bicyclic) bond motifs is 1. The topological polar surface area (TPSA) is 56.4 Å². The van der Waals surface area contributed by atoms with Crippen molar-refractivity contribution in [1.82, 2.24) is 14.8 Å². The number of piperazine rings is 1. The molecule has 2 heterocycles. The lowest BCUT2D eigenvalue weighted by molar-refractivity contribution is 0.0533. The molecule has 0 bridgehead atoms. The molecule has 3 aromatic rings. The van der Waals surface area contributed by atoms with E-state index in [9.17, 15) is 9.59 Å². The van der Waals surface area contributed by atoms with Crippen molar-refractivity contribution in [1.29, 1.82) is 0 Å². The summed E-state index contributed by atoms with van der Waals surface area (Å²) in [5, 5.41) is 1.04. The number of H-pyrrole nitrogens is 1. The molecule has 0 radical (unpaired) electrons. The normalized spacial score (nSPS) is 14.6. The molecule has 1 aromatic heterocycles. The van der Waals surface area contributed by atoms with Crippen molar-refractivity contribution < 1.29 is 9.59 Å². The fourth-order valence-electron chi connectivity index (χ4n) is 3.52. The third kappa shape index (κ3) is 3.45. The number of nitrogens with zero attached hydrogens (tertiary/aromatic N) is 2. The number of carbonyl (C=O) groups excluding carboxylic acids is 2. The highest BCUT2D eigenvalue weighted by Gasteiger charge is 2.26. The fourth-order valence-corrected chi connectivity index (χ4v) is 3.52. The SMILES string of the molecule is Cc1ccc(C(=O)N2CCN(C(=O)c3cc4ccc(C)cc4[nH]3)CC2)cc1. The average molecular weight is 361 g/mol. The van der Waals surface area contributed by atoms with Crippen LogP contribution < -0.4 is 0 Å². The van der Waals surface area contributed by atoms with Crippen LogP contribution in [0.1, 0.15) is 32.0 Å². The van der Waals surface area contributed by atoms with E-state index in [1.54, 1.807) is 0 Å². The molecule has 5 heteroatoms. The minimum Gasteiger partial charge on any atom is -0.351 e. The molecule has 138 valence electrons. The van der Waals surface area contributed by atoms with Gasteiger partial charge in [0, 0.05) is 42.6 Å². The summed E-state index contributed by atoms with van der Waals surface area (Å²) in [5.41, 5.74) is 4.58. The Bertz CT molecular complexity index is 996. The molecular formula is C22H23N3O2. The summed E-state index contributed by atoms with van der Waals surface area (Å²) in [6, 6.07) is 15.6. The van der Waals surface area contributed by atoms with Gasteiger partial charge >= 0.3 is 0 Å². The molecule has 0 aliphatic carbocycles. The van der Waals surface area contributed by atoms with Crippen LogP contribution in [0.4, 0.5) is 0 Å². The largest absolute Gasteiger partial charge is 0.351 e. The first-order valence-electron chi connectivity index (χ1n) is 9.26. The molecule has 0 saturated carbocycles. The zero-order chi connectivity index (χ0) is 19.0. The number of aromatic nitrogens is 1. The second-order valence-corrected chi connectivity index (χ2v) is 7.22. The Morgan fingerprint density at radius 1 is 0.778 bits per heavy atom. The molecule has 0 atom stereocenters. The summed E-state index contributed by atoms with van der Waals surface area (Å²) in [6.07, 6.45) is 0. The van der Waals surface area contributed by atoms with E-state index in [-0.39, 0.29) is 11.8 Å². The van der Waals surface area contributed by atoms with E-state index in [4.69, 9.17) is 0 Å². The summed E-state index contributed by atoms with van der Waals surface area (Å²) < 4.78 is 0. The van der Waals surface area contributed by atoms with Gasteiger partial charge in [0.15, 0.2) is 0 Å². The maximum atomic E-state index is 12.8. The summed E-state index contributed by atoms with van der Waals surface area (Å²) in [5.74, 6) is 0.0227. The van der Waals surface area contributed by atoms with Crippen LogP contribution in [0, 0.1) is 13.8 Å². The van der Waals surface area contributed by atoms with Crippen molar-refractivity contribution in [2.75, 3.05) is 26.2 Å². The van der Waals surface area contributed by atoms with Gasteiger partial charge in [-0.3, -0.25) is 9.59 Å². The van der Waals surface area contributed by atoms with Crippen molar-refractivity contribution in [3.63, 3.8) is 0 Å². The molecular weight excluding hydrogens is 338 g/mol. The Morgan fingerprint density at radius 2 is 1.37 bits per heavy atom. The second kappa shape index (κ2) is 6.91. The lowest BCUT2D eigenvalue weighted by Crippen LogP contribution is -2.50. The summed E-state index contributed by atoms with van der Waals surface area (Å²) in [7, 11) is 0. The molecule has 1 aliphatic heterocycles. The van der Waals surface area contributed by atoms with E-state index in [0.29, 0.717) is 37.4 Å². The lowest BCUT2D eigenvalue weighted by atomic mass is 10.1. The van der Waals surface area contributed by atoms with Gasteiger partial charge < -0.3 is 14.8 Å². The van der Waals surface area contributed by atoms with E-state index in [0.717, 1.165) is 22.0 Å². The van der Waals surface area contributed by atoms with Crippen molar-refractivity contribution in [3.05, 3.63) is 70.9 Å². The van der Waals surface area contributed by atoms with Crippen LogP contribution in [0.3, 0.4) is 0 Å². The standard InChI is InChI=1S/C22H23N3O2/c1-15-3-6-17(7-4-15)21(26)24-9-11-25(12-10-24)22(27)20-14-18-8-5-16(2)13-19(18)23-20/h3-8,13-14,23H,9-12H2,1-2H3. The zero-order valence-corrected chi connectivity index (χ0v) is 15.7. The van der Waals surface area contributed by atoms with Gasteiger partial charge in [-0.25, -0.2) is 0 Å². The van der Waals surface area contributed by atoms with Gasteiger partial charge in [0.05, 0.1) is 0 Å². The second-order valence-electron chi connectivity index (χ2n) is 7.22. The highest BCUT2D eigenvalue weighted by Crippen LogP contribution is 2.19.